The first-order valence-corrected chi connectivity index (χ1v) is 14.6. The van der Waals surface area contributed by atoms with Crippen LogP contribution in [0, 0.1) is 0 Å². The van der Waals surface area contributed by atoms with Crippen LogP contribution < -0.4 is 10.6 Å². The minimum Gasteiger partial charge on any atom is -0.312 e. The fraction of sp³-hybridized carbons (Fsp3) is 0.364. The second kappa shape index (κ2) is 18.0. The summed E-state index contributed by atoms with van der Waals surface area (Å²) in [5, 5.41) is 22.0. The third-order valence-electron chi connectivity index (χ3n) is 6.94. The van der Waals surface area contributed by atoms with Crippen LogP contribution in [0.15, 0.2) is 85.1 Å². The molecule has 3 heterocycles. The number of carbonyl (C=O) groups is 2. The van der Waals surface area contributed by atoms with Crippen LogP contribution in [0.1, 0.15) is 87.7 Å². The zero-order valence-electron chi connectivity index (χ0n) is 24.6. The highest BCUT2D eigenvalue weighted by molar-refractivity contribution is 5.91. The SMILES string of the molecule is C=C(/C=C\C=C/CCCC)CC.O=CNc1ccc(C2CCC(c3ccc(NC(=O)Cc4ccccn4)nn3)C2)nn1. The lowest BCUT2D eigenvalue weighted by atomic mass is 9.99. The van der Waals surface area contributed by atoms with Crippen molar-refractivity contribution in [2.45, 2.75) is 77.0 Å². The van der Waals surface area contributed by atoms with Crippen LogP contribution in [0.2, 0.25) is 0 Å². The molecule has 0 saturated heterocycles. The zero-order valence-corrected chi connectivity index (χ0v) is 24.6. The highest BCUT2D eigenvalue weighted by Gasteiger charge is 2.29. The molecule has 2 amide bonds. The average molecular weight is 568 g/mol. The average Bonchev–Trinajstić information content (AvgIpc) is 3.51. The first-order chi connectivity index (χ1) is 20.5. The number of rotatable bonds is 13. The number of hydrogen-bond donors (Lipinski definition) is 2. The van der Waals surface area contributed by atoms with E-state index in [0.29, 0.717) is 29.7 Å². The van der Waals surface area contributed by atoms with Gasteiger partial charge in [0.25, 0.3) is 0 Å². The van der Waals surface area contributed by atoms with Gasteiger partial charge in [0.1, 0.15) is 0 Å². The van der Waals surface area contributed by atoms with Gasteiger partial charge in [-0.3, -0.25) is 14.6 Å². The van der Waals surface area contributed by atoms with Crippen LogP contribution in [0.25, 0.3) is 0 Å². The molecule has 2 unspecified atom stereocenters. The number of allylic oxidation sites excluding steroid dienone is 5. The van der Waals surface area contributed by atoms with Gasteiger partial charge in [-0.2, -0.15) is 10.2 Å². The molecule has 2 atom stereocenters. The molecule has 3 aromatic heterocycles. The molecule has 0 spiro atoms. The summed E-state index contributed by atoms with van der Waals surface area (Å²) in [6.45, 7) is 8.22. The lowest BCUT2D eigenvalue weighted by Crippen LogP contribution is -2.16. The van der Waals surface area contributed by atoms with Crippen LogP contribution in [0.3, 0.4) is 0 Å². The maximum Gasteiger partial charge on any atom is 0.231 e. The van der Waals surface area contributed by atoms with Crippen LogP contribution >= 0.6 is 0 Å². The molecule has 1 saturated carbocycles. The van der Waals surface area contributed by atoms with Crippen molar-refractivity contribution in [2.24, 2.45) is 0 Å². The van der Waals surface area contributed by atoms with Gasteiger partial charge in [0, 0.05) is 23.7 Å². The fourth-order valence-corrected chi connectivity index (χ4v) is 4.50. The molecule has 0 aliphatic heterocycles. The molecule has 2 N–H and O–H groups in total. The smallest absolute Gasteiger partial charge is 0.231 e. The van der Waals surface area contributed by atoms with Crippen molar-refractivity contribution in [3.8, 4) is 0 Å². The van der Waals surface area contributed by atoms with Crippen LogP contribution in [0.4, 0.5) is 11.6 Å². The molecular weight excluding hydrogens is 526 g/mol. The first-order valence-electron chi connectivity index (χ1n) is 14.6. The van der Waals surface area contributed by atoms with E-state index in [4.69, 9.17) is 0 Å². The molecule has 9 nitrogen and oxygen atoms in total. The van der Waals surface area contributed by atoms with E-state index in [-0.39, 0.29) is 18.2 Å². The molecule has 0 aromatic carbocycles. The number of anilines is 2. The Morgan fingerprint density at radius 2 is 1.67 bits per heavy atom. The van der Waals surface area contributed by atoms with Crippen molar-refractivity contribution in [3.63, 3.8) is 0 Å². The van der Waals surface area contributed by atoms with Gasteiger partial charge in [0.2, 0.25) is 12.3 Å². The summed E-state index contributed by atoms with van der Waals surface area (Å²) in [4.78, 5) is 26.7. The number of aromatic nitrogens is 5. The van der Waals surface area contributed by atoms with E-state index in [9.17, 15) is 9.59 Å². The van der Waals surface area contributed by atoms with Crippen molar-refractivity contribution in [1.29, 1.82) is 0 Å². The Balaban J connectivity index is 0.000000343. The Hall–Kier alpha value is -4.53. The highest BCUT2D eigenvalue weighted by atomic mass is 16.1. The molecule has 1 fully saturated rings. The van der Waals surface area contributed by atoms with Crippen molar-refractivity contribution < 1.29 is 9.59 Å². The number of unbranched alkanes of at least 4 members (excludes halogenated alkanes) is 2. The topological polar surface area (TPSA) is 123 Å². The van der Waals surface area contributed by atoms with E-state index in [1.807, 2.05) is 30.3 Å². The number of nitrogens with zero attached hydrogens (tertiary/aromatic N) is 5. The van der Waals surface area contributed by atoms with Gasteiger partial charge in [-0.25, -0.2) is 0 Å². The molecule has 220 valence electrons. The van der Waals surface area contributed by atoms with E-state index < -0.39 is 0 Å². The molecule has 9 heteroatoms. The Bertz CT molecular complexity index is 1310. The number of pyridine rings is 1. The van der Waals surface area contributed by atoms with Gasteiger partial charge in [0.15, 0.2) is 11.6 Å². The van der Waals surface area contributed by atoms with Crippen molar-refractivity contribution in [2.75, 3.05) is 10.6 Å². The summed E-state index contributed by atoms with van der Waals surface area (Å²) in [5.74, 6) is 1.28. The molecule has 4 rings (SSSR count). The van der Waals surface area contributed by atoms with Crippen molar-refractivity contribution in [3.05, 3.63) is 102 Å². The molecule has 0 bridgehead atoms. The van der Waals surface area contributed by atoms with E-state index in [0.717, 1.165) is 37.1 Å². The van der Waals surface area contributed by atoms with Crippen LogP contribution in [-0.2, 0) is 16.0 Å². The maximum absolute atomic E-state index is 12.1. The number of hydrogen-bond acceptors (Lipinski definition) is 7. The lowest BCUT2D eigenvalue weighted by molar-refractivity contribution is -0.115. The molecule has 0 radical (unpaired) electrons. The van der Waals surface area contributed by atoms with Gasteiger partial charge >= 0.3 is 0 Å². The highest BCUT2D eigenvalue weighted by Crippen LogP contribution is 2.42. The van der Waals surface area contributed by atoms with Gasteiger partial charge in [-0.05, 0) is 68.5 Å². The number of amides is 2. The third-order valence-corrected chi connectivity index (χ3v) is 6.94. The Labute approximate surface area is 248 Å². The second-order valence-electron chi connectivity index (χ2n) is 10.1. The van der Waals surface area contributed by atoms with E-state index >= 15 is 0 Å². The summed E-state index contributed by atoms with van der Waals surface area (Å²) >= 11 is 0. The second-order valence-corrected chi connectivity index (χ2v) is 10.1. The van der Waals surface area contributed by atoms with Crippen LogP contribution in [-0.4, -0.2) is 37.7 Å². The minimum atomic E-state index is -0.178. The van der Waals surface area contributed by atoms with Crippen molar-refractivity contribution >= 4 is 24.0 Å². The van der Waals surface area contributed by atoms with Gasteiger partial charge in [-0.1, -0.05) is 69.2 Å². The van der Waals surface area contributed by atoms with Gasteiger partial charge in [0.05, 0.1) is 17.8 Å². The Morgan fingerprint density at radius 1 is 0.952 bits per heavy atom. The molecule has 1 aliphatic rings. The fourth-order valence-electron chi connectivity index (χ4n) is 4.50. The first kappa shape index (κ1) is 32.0. The summed E-state index contributed by atoms with van der Waals surface area (Å²) < 4.78 is 0. The van der Waals surface area contributed by atoms with E-state index in [1.54, 1.807) is 18.3 Å². The predicted octanol–water partition coefficient (Wildman–Crippen LogP) is 6.72. The summed E-state index contributed by atoms with van der Waals surface area (Å²) in [6, 6.07) is 12.8. The minimum absolute atomic E-state index is 0.178. The molecule has 1 aliphatic carbocycles. The lowest BCUT2D eigenvalue weighted by Gasteiger charge is -2.11. The Morgan fingerprint density at radius 3 is 2.24 bits per heavy atom. The molecular formula is C33H41N7O2. The quantitative estimate of drug-likeness (QED) is 0.134. The molecule has 3 aromatic rings. The normalized spacial score (nSPS) is 16.1. The summed E-state index contributed by atoms with van der Waals surface area (Å²) in [6.07, 6.45) is 18.6. The standard InChI is InChI=1S/C21H21N7O2.C12H20/c29-13-23-19-8-6-17(25-27-19)14-4-5-15(11-14)18-7-9-20(28-26-18)24-21(30)12-16-3-1-2-10-22-16;1-4-6-7-8-9-10-11-12(3)5-2/h1-3,6-10,13-15H,4-5,11-12H2,(H,23,27,29)(H,24,28,30);8-11H,3-7H2,1-2H3/b;9-8-,11-10-. The molecule has 42 heavy (non-hydrogen) atoms. The number of carbonyl (C=O) groups excluding carboxylic acids is 2. The monoisotopic (exact) mass is 567 g/mol. The van der Waals surface area contributed by atoms with Crippen LogP contribution in [0.5, 0.6) is 0 Å². The largest absolute Gasteiger partial charge is 0.312 e. The number of nitrogens with one attached hydrogen (secondary N) is 2. The third kappa shape index (κ3) is 11.2. The van der Waals surface area contributed by atoms with Gasteiger partial charge in [-0.15, -0.1) is 10.2 Å². The summed E-state index contributed by atoms with van der Waals surface area (Å²) in [5.41, 5.74) is 3.72. The van der Waals surface area contributed by atoms with E-state index in [1.165, 1.54) is 24.8 Å². The van der Waals surface area contributed by atoms with E-state index in [2.05, 4.69) is 80.7 Å². The zero-order chi connectivity index (χ0) is 30.0. The van der Waals surface area contributed by atoms with Gasteiger partial charge < -0.3 is 10.6 Å². The Kier molecular flexibility index (Phi) is 13.7. The summed E-state index contributed by atoms with van der Waals surface area (Å²) in [7, 11) is 0. The van der Waals surface area contributed by atoms with Crippen molar-refractivity contribution in [1.82, 2.24) is 25.4 Å². The predicted molar refractivity (Wildman–Crippen MR) is 167 cm³/mol. The maximum atomic E-state index is 12.1.